The highest BCUT2D eigenvalue weighted by molar-refractivity contribution is 5.77. The first-order valence-electron chi connectivity index (χ1n) is 5.20. The number of carbonyl (C=O) groups excluding carboxylic acids is 1. The molecule has 0 aliphatic carbocycles. The van der Waals surface area contributed by atoms with Crippen molar-refractivity contribution in [1.82, 2.24) is 10.2 Å². The molecule has 1 N–H and O–H groups in total. The molecule has 0 spiro atoms. The van der Waals surface area contributed by atoms with Crippen LogP contribution in [0, 0.1) is 17.2 Å². The van der Waals surface area contributed by atoms with Gasteiger partial charge in [0.05, 0.1) is 6.07 Å². The van der Waals surface area contributed by atoms with E-state index in [0.717, 1.165) is 25.9 Å². The summed E-state index contributed by atoms with van der Waals surface area (Å²) in [5.74, 6) is 0.726. The Kier molecular flexibility index (Phi) is 2.69. The second-order valence-corrected chi connectivity index (χ2v) is 4.04. The molecule has 4 nitrogen and oxygen atoms in total. The summed E-state index contributed by atoms with van der Waals surface area (Å²) in [5, 5.41) is 12.0. The molecule has 0 aromatic carbocycles. The van der Waals surface area contributed by atoms with Gasteiger partial charge >= 0.3 is 0 Å². The smallest absolute Gasteiger partial charge is 0.223 e. The minimum Gasteiger partial charge on any atom is -0.326 e. The average molecular weight is 193 g/mol. The highest BCUT2D eigenvalue weighted by atomic mass is 16.2. The van der Waals surface area contributed by atoms with Crippen LogP contribution in [0.5, 0.6) is 0 Å². The number of hydrogen-bond donors (Lipinski definition) is 1. The van der Waals surface area contributed by atoms with Crippen molar-refractivity contribution in [1.29, 1.82) is 5.26 Å². The van der Waals surface area contributed by atoms with Gasteiger partial charge in [0.2, 0.25) is 5.91 Å². The Morgan fingerprint density at radius 2 is 2.43 bits per heavy atom. The molecular weight excluding hydrogens is 178 g/mol. The number of hydrogen-bond acceptors (Lipinski definition) is 3. The number of nitriles is 1. The fourth-order valence-electron chi connectivity index (χ4n) is 2.53. The number of rotatable bonds is 1. The van der Waals surface area contributed by atoms with Crippen molar-refractivity contribution >= 4 is 5.91 Å². The van der Waals surface area contributed by atoms with E-state index in [2.05, 4.69) is 11.4 Å². The lowest BCUT2D eigenvalue weighted by atomic mass is 9.84. The molecule has 0 bridgehead atoms. The van der Waals surface area contributed by atoms with Crippen molar-refractivity contribution in [2.24, 2.45) is 5.92 Å². The molecule has 0 aromatic rings. The normalized spacial score (nSPS) is 32.2. The molecule has 2 saturated heterocycles. The summed E-state index contributed by atoms with van der Waals surface area (Å²) in [7, 11) is 0. The zero-order valence-corrected chi connectivity index (χ0v) is 8.20. The van der Waals surface area contributed by atoms with E-state index >= 15 is 0 Å². The van der Waals surface area contributed by atoms with Crippen molar-refractivity contribution in [3.05, 3.63) is 0 Å². The minimum absolute atomic E-state index is 0.162. The number of nitrogens with one attached hydrogen (secondary N) is 1. The summed E-state index contributed by atoms with van der Waals surface area (Å²) in [6.45, 7) is 2.23. The molecule has 4 heteroatoms. The van der Waals surface area contributed by atoms with Crippen LogP contribution in [0.3, 0.4) is 0 Å². The summed E-state index contributed by atoms with van der Waals surface area (Å²) in [5.41, 5.74) is 0. The Hall–Kier alpha value is -1.08. The maximum absolute atomic E-state index is 11.6. The number of likely N-dealkylation sites (tertiary alicyclic amines) is 1. The third kappa shape index (κ3) is 1.60. The van der Waals surface area contributed by atoms with Gasteiger partial charge < -0.3 is 10.2 Å². The summed E-state index contributed by atoms with van der Waals surface area (Å²) in [6, 6.07) is 2.40. The fraction of sp³-hybridized carbons (Fsp3) is 0.800. The van der Waals surface area contributed by atoms with Crippen LogP contribution >= 0.6 is 0 Å². The largest absolute Gasteiger partial charge is 0.326 e. The molecule has 2 unspecified atom stereocenters. The molecule has 2 heterocycles. The third-order valence-corrected chi connectivity index (χ3v) is 3.26. The molecule has 0 radical (unpaired) electrons. The quantitative estimate of drug-likeness (QED) is 0.601. The van der Waals surface area contributed by atoms with Gasteiger partial charge in [0.15, 0.2) is 0 Å². The number of fused-ring (bicyclic) bond motifs is 1. The lowest BCUT2D eigenvalue weighted by Gasteiger charge is -2.43. The zero-order valence-electron chi connectivity index (χ0n) is 8.20. The minimum atomic E-state index is 0.162. The second-order valence-electron chi connectivity index (χ2n) is 4.04. The van der Waals surface area contributed by atoms with Crippen LogP contribution < -0.4 is 5.32 Å². The molecule has 2 fully saturated rings. The molecule has 1 amide bonds. The van der Waals surface area contributed by atoms with Crippen LogP contribution in [0.15, 0.2) is 0 Å². The lowest BCUT2D eigenvalue weighted by Crippen LogP contribution is -2.55. The first-order chi connectivity index (χ1) is 6.83. The fourth-order valence-corrected chi connectivity index (χ4v) is 2.53. The van der Waals surface area contributed by atoms with Gasteiger partial charge in [0, 0.05) is 12.5 Å². The van der Waals surface area contributed by atoms with E-state index in [1.54, 1.807) is 4.90 Å². The van der Waals surface area contributed by atoms with Crippen LogP contribution in [0.2, 0.25) is 0 Å². The van der Waals surface area contributed by atoms with Gasteiger partial charge in [0.25, 0.3) is 0 Å². The van der Waals surface area contributed by atoms with Crippen molar-refractivity contribution in [3.63, 3.8) is 0 Å². The zero-order chi connectivity index (χ0) is 9.97. The topological polar surface area (TPSA) is 56.1 Å². The van der Waals surface area contributed by atoms with Gasteiger partial charge in [-0.2, -0.15) is 5.26 Å². The molecule has 76 valence electrons. The summed E-state index contributed by atoms with van der Waals surface area (Å²) in [4.78, 5) is 13.4. The lowest BCUT2D eigenvalue weighted by molar-refractivity contribution is -0.138. The third-order valence-electron chi connectivity index (χ3n) is 3.26. The second kappa shape index (κ2) is 3.97. The first-order valence-corrected chi connectivity index (χ1v) is 5.20. The monoisotopic (exact) mass is 193 g/mol. The van der Waals surface area contributed by atoms with Crippen molar-refractivity contribution in [3.8, 4) is 6.07 Å². The maximum Gasteiger partial charge on any atom is 0.223 e. The predicted molar refractivity (Wildman–Crippen MR) is 51.3 cm³/mol. The first kappa shape index (κ1) is 9.47. The van der Waals surface area contributed by atoms with Crippen molar-refractivity contribution in [2.75, 3.05) is 19.6 Å². The van der Waals surface area contributed by atoms with E-state index in [4.69, 9.17) is 5.26 Å². The number of nitrogens with zero attached hydrogens (tertiary/aromatic N) is 2. The van der Waals surface area contributed by atoms with Crippen molar-refractivity contribution < 1.29 is 4.79 Å². The highest BCUT2D eigenvalue weighted by Gasteiger charge is 2.36. The van der Waals surface area contributed by atoms with Gasteiger partial charge in [0.1, 0.15) is 6.54 Å². The van der Waals surface area contributed by atoms with Gasteiger partial charge in [-0.25, -0.2) is 0 Å². The van der Waals surface area contributed by atoms with Gasteiger partial charge in [-0.05, 0) is 31.8 Å². The Balaban J connectivity index is 2.10. The van der Waals surface area contributed by atoms with Crippen LogP contribution in [0.4, 0.5) is 0 Å². The van der Waals surface area contributed by atoms with E-state index in [9.17, 15) is 4.79 Å². The molecule has 2 rings (SSSR count). The summed E-state index contributed by atoms with van der Waals surface area (Å²) < 4.78 is 0. The SMILES string of the molecule is N#CCN1C(=O)CCC2CNCCC21. The number of amides is 1. The molecule has 0 saturated carbocycles. The van der Waals surface area contributed by atoms with Gasteiger partial charge in [-0.15, -0.1) is 0 Å². The molecule has 14 heavy (non-hydrogen) atoms. The average Bonchev–Trinajstić information content (AvgIpc) is 2.23. The van der Waals surface area contributed by atoms with Crippen molar-refractivity contribution in [2.45, 2.75) is 25.3 Å². The number of carbonyl (C=O) groups is 1. The van der Waals surface area contributed by atoms with E-state index in [1.165, 1.54) is 0 Å². The summed E-state index contributed by atoms with van der Waals surface area (Å²) >= 11 is 0. The summed E-state index contributed by atoms with van der Waals surface area (Å²) in [6.07, 6.45) is 2.60. The van der Waals surface area contributed by atoms with E-state index in [-0.39, 0.29) is 12.5 Å². The number of piperidine rings is 2. The molecular formula is C10H15N3O. The van der Waals surface area contributed by atoms with Gasteiger partial charge in [-0.3, -0.25) is 4.79 Å². The predicted octanol–water partition coefficient (Wildman–Crippen LogP) is 0.110. The molecule has 2 aliphatic heterocycles. The Bertz CT molecular complexity index is 271. The highest BCUT2D eigenvalue weighted by Crippen LogP contribution is 2.27. The van der Waals surface area contributed by atoms with E-state index < -0.39 is 0 Å². The Morgan fingerprint density at radius 1 is 1.57 bits per heavy atom. The van der Waals surface area contributed by atoms with Gasteiger partial charge in [-0.1, -0.05) is 0 Å². The molecule has 2 atom stereocenters. The van der Waals surface area contributed by atoms with Crippen LogP contribution in [-0.4, -0.2) is 36.5 Å². The van der Waals surface area contributed by atoms with E-state index in [0.29, 0.717) is 18.4 Å². The Morgan fingerprint density at radius 3 is 3.21 bits per heavy atom. The van der Waals surface area contributed by atoms with Crippen LogP contribution in [-0.2, 0) is 4.79 Å². The van der Waals surface area contributed by atoms with E-state index in [1.807, 2.05) is 0 Å². The molecule has 2 aliphatic rings. The molecule has 0 aromatic heterocycles. The van der Waals surface area contributed by atoms with Crippen LogP contribution in [0.1, 0.15) is 19.3 Å². The maximum atomic E-state index is 11.6. The Labute approximate surface area is 83.9 Å². The standard InChI is InChI=1S/C10H15N3O/c11-4-6-13-9-3-5-12-7-8(9)1-2-10(13)14/h8-9,12H,1-3,5-7H2. The van der Waals surface area contributed by atoms with Crippen LogP contribution in [0.25, 0.3) is 0 Å².